The van der Waals surface area contributed by atoms with Gasteiger partial charge in [0.25, 0.3) is 0 Å². The zero-order valence-electron chi connectivity index (χ0n) is 15.0. The van der Waals surface area contributed by atoms with Gasteiger partial charge in [0.1, 0.15) is 0 Å². The Kier molecular flexibility index (Phi) is 5.76. The number of carbonyl (C=O) groups is 2. The van der Waals surface area contributed by atoms with Crippen LogP contribution in [0.4, 0.5) is 5.69 Å². The number of benzene rings is 1. The summed E-state index contributed by atoms with van der Waals surface area (Å²) in [6, 6.07) is 4.47. The van der Waals surface area contributed by atoms with Gasteiger partial charge in [0, 0.05) is 17.5 Å². The first-order valence-corrected chi connectivity index (χ1v) is 8.03. The molecule has 138 valence electrons. The van der Waals surface area contributed by atoms with E-state index in [1.54, 1.807) is 33.8 Å². The van der Waals surface area contributed by atoms with E-state index in [2.05, 4.69) is 4.98 Å². The Morgan fingerprint density at radius 1 is 1.15 bits per heavy atom. The van der Waals surface area contributed by atoms with Crippen LogP contribution in [0.25, 0.3) is 0 Å². The van der Waals surface area contributed by atoms with E-state index < -0.39 is 23.3 Å². The van der Waals surface area contributed by atoms with E-state index in [1.807, 2.05) is 0 Å². The molecule has 0 amide bonds. The summed E-state index contributed by atoms with van der Waals surface area (Å²) in [5, 5.41) is 11.1. The van der Waals surface area contributed by atoms with Crippen molar-refractivity contribution < 1.29 is 24.0 Å². The van der Waals surface area contributed by atoms with Crippen LogP contribution in [0.5, 0.6) is 5.75 Å². The molecular weight excluding hydrogens is 340 g/mol. The van der Waals surface area contributed by atoms with Gasteiger partial charge in [-0.2, -0.15) is 0 Å². The molecule has 26 heavy (non-hydrogen) atoms. The number of ether oxygens (including phenoxy) is 2. The van der Waals surface area contributed by atoms with E-state index in [-0.39, 0.29) is 29.2 Å². The van der Waals surface area contributed by atoms with E-state index in [0.29, 0.717) is 17.0 Å². The number of aromatic nitrogens is 1. The highest BCUT2D eigenvalue weighted by Gasteiger charge is 2.26. The lowest BCUT2D eigenvalue weighted by Gasteiger charge is -2.08. The third kappa shape index (κ3) is 3.90. The number of Topliss-reactive ketones (excluding diaryl/α,β-unsaturated/α-hetero) is 1. The molecular formula is C18H20N2O6. The highest BCUT2D eigenvalue weighted by Crippen LogP contribution is 2.28. The van der Waals surface area contributed by atoms with Crippen molar-refractivity contribution in [2.45, 2.75) is 27.7 Å². The molecule has 2 rings (SSSR count). The van der Waals surface area contributed by atoms with Gasteiger partial charge >= 0.3 is 11.7 Å². The van der Waals surface area contributed by atoms with Crippen molar-refractivity contribution in [1.82, 2.24) is 4.98 Å². The minimum absolute atomic E-state index is 0.00320. The molecule has 0 aliphatic rings. The largest absolute Gasteiger partial charge is 0.478 e. The standard InChI is InChI=1S/C18H20N2O6/c1-5-25-18(22)17-12(4)19-11(3)16(17)14(21)9-26-15-7-6-10(2)8-13(15)20(23)24/h6-8,19H,5,9H2,1-4H3. The van der Waals surface area contributed by atoms with Crippen molar-refractivity contribution in [1.29, 1.82) is 0 Å². The zero-order chi connectivity index (χ0) is 19.4. The van der Waals surface area contributed by atoms with Crippen molar-refractivity contribution in [2.24, 2.45) is 0 Å². The zero-order valence-corrected chi connectivity index (χ0v) is 15.0. The minimum atomic E-state index is -0.598. The lowest BCUT2D eigenvalue weighted by atomic mass is 10.1. The Labute approximate surface area is 150 Å². The Bertz CT molecular complexity index is 869. The van der Waals surface area contributed by atoms with Crippen molar-refractivity contribution in [2.75, 3.05) is 13.2 Å². The first-order valence-electron chi connectivity index (χ1n) is 8.03. The number of nitrogens with zero attached hydrogens (tertiary/aromatic N) is 1. The number of esters is 1. The second-order valence-electron chi connectivity index (χ2n) is 5.79. The van der Waals surface area contributed by atoms with Crippen molar-refractivity contribution in [3.05, 3.63) is 56.4 Å². The Morgan fingerprint density at radius 3 is 2.42 bits per heavy atom. The molecule has 0 spiro atoms. The number of hydrogen-bond acceptors (Lipinski definition) is 6. The maximum Gasteiger partial charge on any atom is 0.340 e. The molecule has 0 saturated heterocycles. The maximum absolute atomic E-state index is 12.6. The maximum atomic E-state index is 12.6. The summed E-state index contributed by atoms with van der Waals surface area (Å²) < 4.78 is 10.4. The number of nitro groups is 1. The number of hydrogen-bond donors (Lipinski definition) is 1. The SMILES string of the molecule is CCOC(=O)c1c(C)[nH]c(C)c1C(=O)COc1ccc(C)cc1[N+](=O)[O-]. The Hall–Kier alpha value is -3.16. The first kappa shape index (κ1) is 19.2. The molecule has 1 heterocycles. The fourth-order valence-electron chi connectivity index (χ4n) is 2.70. The van der Waals surface area contributed by atoms with Gasteiger partial charge in [0.05, 0.1) is 22.7 Å². The van der Waals surface area contributed by atoms with Crippen LogP contribution in [0, 0.1) is 30.9 Å². The van der Waals surface area contributed by atoms with Crippen LogP contribution in [0.15, 0.2) is 18.2 Å². The first-order chi connectivity index (χ1) is 12.3. The second-order valence-corrected chi connectivity index (χ2v) is 5.79. The highest BCUT2D eigenvalue weighted by atomic mass is 16.6. The van der Waals surface area contributed by atoms with Gasteiger partial charge in [0.2, 0.25) is 5.78 Å². The highest BCUT2D eigenvalue weighted by molar-refractivity contribution is 6.08. The molecule has 0 bridgehead atoms. The lowest BCUT2D eigenvalue weighted by molar-refractivity contribution is -0.385. The average Bonchev–Trinajstić information content (AvgIpc) is 2.87. The molecule has 1 aromatic heterocycles. The van der Waals surface area contributed by atoms with Crippen LogP contribution in [0.3, 0.4) is 0 Å². The normalized spacial score (nSPS) is 10.5. The Balaban J connectivity index is 2.27. The quantitative estimate of drug-likeness (QED) is 0.351. The van der Waals surface area contributed by atoms with Crippen LogP contribution >= 0.6 is 0 Å². The smallest absolute Gasteiger partial charge is 0.340 e. The number of H-pyrrole nitrogens is 1. The van der Waals surface area contributed by atoms with Crippen LogP contribution in [0.1, 0.15) is 44.6 Å². The second kappa shape index (κ2) is 7.81. The number of nitro benzene ring substituents is 1. The molecule has 1 aromatic carbocycles. The average molecular weight is 360 g/mol. The molecule has 0 aliphatic carbocycles. The van der Waals surface area contributed by atoms with Gasteiger partial charge < -0.3 is 14.5 Å². The van der Waals surface area contributed by atoms with E-state index in [1.165, 1.54) is 12.1 Å². The van der Waals surface area contributed by atoms with Crippen molar-refractivity contribution in [3.8, 4) is 5.75 Å². The minimum Gasteiger partial charge on any atom is -0.478 e. The predicted molar refractivity (Wildman–Crippen MR) is 93.9 cm³/mol. The number of aryl methyl sites for hydroxylation is 3. The molecule has 0 fully saturated rings. The molecule has 8 heteroatoms. The number of nitrogens with one attached hydrogen (secondary N) is 1. The van der Waals surface area contributed by atoms with E-state index >= 15 is 0 Å². The van der Waals surface area contributed by atoms with Crippen LogP contribution in [-0.2, 0) is 4.74 Å². The number of carbonyl (C=O) groups excluding carboxylic acids is 2. The summed E-state index contributed by atoms with van der Waals surface area (Å²) in [4.78, 5) is 38.3. The van der Waals surface area contributed by atoms with E-state index in [0.717, 1.165) is 0 Å². The van der Waals surface area contributed by atoms with E-state index in [4.69, 9.17) is 9.47 Å². The third-order valence-electron chi connectivity index (χ3n) is 3.80. The summed E-state index contributed by atoms with van der Waals surface area (Å²) in [7, 11) is 0. The fourth-order valence-corrected chi connectivity index (χ4v) is 2.70. The number of aromatic amines is 1. The predicted octanol–water partition coefficient (Wildman–Crippen LogP) is 3.29. The van der Waals surface area contributed by atoms with Gasteiger partial charge in [-0.1, -0.05) is 6.07 Å². The van der Waals surface area contributed by atoms with Crippen molar-refractivity contribution >= 4 is 17.4 Å². The molecule has 0 unspecified atom stereocenters. The van der Waals surface area contributed by atoms with Crippen LogP contribution in [-0.4, -0.2) is 34.9 Å². The van der Waals surface area contributed by atoms with Crippen molar-refractivity contribution in [3.63, 3.8) is 0 Å². The Morgan fingerprint density at radius 2 is 1.81 bits per heavy atom. The summed E-state index contributed by atoms with van der Waals surface area (Å²) in [5.74, 6) is -1.07. The summed E-state index contributed by atoms with van der Waals surface area (Å²) in [6.45, 7) is 6.48. The summed E-state index contributed by atoms with van der Waals surface area (Å²) >= 11 is 0. The topological polar surface area (TPSA) is 112 Å². The van der Waals surface area contributed by atoms with Crippen LogP contribution in [0.2, 0.25) is 0 Å². The fraction of sp³-hybridized carbons (Fsp3) is 0.333. The summed E-state index contributed by atoms with van der Waals surface area (Å²) in [6.07, 6.45) is 0. The van der Waals surface area contributed by atoms with Gasteiger partial charge in [-0.3, -0.25) is 14.9 Å². The molecule has 0 saturated carbocycles. The van der Waals surface area contributed by atoms with Gasteiger partial charge in [-0.15, -0.1) is 0 Å². The molecule has 0 radical (unpaired) electrons. The number of ketones is 1. The summed E-state index contributed by atoms with van der Waals surface area (Å²) in [5.41, 5.74) is 1.86. The number of rotatable bonds is 7. The third-order valence-corrected chi connectivity index (χ3v) is 3.80. The molecule has 0 aliphatic heterocycles. The van der Waals surface area contributed by atoms with Crippen LogP contribution < -0.4 is 4.74 Å². The molecule has 0 atom stereocenters. The lowest BCUT2D eigenvalue weighted by Crippen LogP contribution is -2.17. The molecule has 8 nitrogen and oxygen atoms in total. The monoisotopic (exact) mass is 360 g/mol. The van der Waals surface area contributed by atoms with Gasteiger partial charge in [-0.25, -0.2) is 4.79 Å². The van der Waals surface area contributed by atoms with E-state index in [9.17, 15) is 19.7 Å². The molecule has 2 aromatic rings. The van der Waals surface area contributed by atoms with Gasteiger partial charge in [0.15, 0.2) is 12.4 Å². The molecule has 1 N–H and O–H groups in total. The van der Waals surface area contributed by atoms with Gasteiger partial charge in [-0.05, 0) is 39.3 Å².